The van der Waals surface area contributed by atoms with Crippen LogP contribution in [0.2, 0.25) is 5.15 Å². The fourth-order valence-electron chi connectivity index (χ4n) is 1.24. The van der Waals surface area contributed by atoms with E-state index in [-0.39, 0.29) is 6.04 Å². The predicted molar refractivity (Wildman–Crippen MR) is 55.2 cm³/mol. The SMILES string of the molecule is CN1C=CN=CC1c1ccc(Cl)nn1. The van der Waals surface area contributed by atoms with E-state index in [0.29, 0.717) is 5.15 Å². The summed E-state index contributed by atoms with van der Waals surface area (Å²) in [6.07, 6.45) is 5.44. The van der Waals surface area contributed by atoms with E-state index in [0.717, 1.165) is 5.69 Å². The van der Waals surface area contributed by atoms with Crippen molar-refractivity contribution >= 4 is 17.8 Å². The first-order valence-corrected chi connectivity index (χ1v) is 4.56. The largest absolute Gasteiger partial charge is 0.366 e. The van der Waals surface area contributed by atoms with Crippen molar-refractivity contribution in [2.75, 3.05) is 7.05 Å². The van der Waals surface area contributed by atoms with E-state index in [4.69, 9.17) is 11.6 Å². The van der Waals surface area contributed by atoms with Gasteiger partial charge in [0.15, 0.2) is 5.15 Å². The molecule has 5 heteroatoms. The van der Waals surface area contributed by atoms with Crippen LogP contribution in [0.4, 0.5) is 0 Å². The van der Waals surface area contributed by atoms with Crippen molar-refractivity contribution in [1.29, 1.82) is 0 Å². The number of nitrogens with zero attached hydrogens (tertiary/aromatic N) is 4. The minimum atomic E-state index is 0.0461. The molecule has 0 saturated heterocycles. The molecular weight excluding hydrogens is 200 g/mol. The Morgan fingerprint density at radius 2 is 2.21 bits per heavy atom. The second-order valence-corrected chi connectivity index (χ2v) is 3.37. The highest BCUT2D eigenvalue weighted by Gasteiger charge is 2.15. The fourth-order valence-corrected chi connectivity index (χ4v) is 1.34. The molecule has 1 aromatic heterocycles. The van der Waals surface area contributed by atoms with Crippen molar-refractivity contribution in [3.05, 3.63) is 35.4 Å². The van der Waals surface area contributed by atoms with Gasteiger partial charge in [-0.05, 0) is 12.1 Å². The molecule has 0 spiro atoms. The average molecular weight is 209 g/mol. The van der Waals surface area contributed by atoms with Crippen LogP contribution in [0.5, 0.6) is 0 Å². The molecule has 4 nitrogen and oxygen atoms in total. The Labute approximate surface area is 86.9 Å². The molecule has 0 aliphatic carbocycles. The highest BCUT2D eigenvalue weighted by atomic mass is 35.5. The van der Waals surface area contributed by atoms with Crippen LogP contribution in [-0.4, -0.2) is 28.4 Å². The van der Waals surface area contributed by atoms with Crippen LogP contribution in [0.3, 0.4) is 0 Å². The van der Waals surface area contributed by atoms with Gasteiger partial charge >= 0.3 is 0 Å². The first-order chi connectivity index (χ1) is 6.77. The van der Waals surface area contributed by atoms with Crippen LogP contribution in [0.1, 0.15) is 11.7 Å². The Kier molecular flexibility index (Phi) is 2.45. The van der Waals surface area contributed by atoms with Gasteiger partial charge in [-0.15, -0.1) is 5.10 Å². The first-order valence-electron chi connectivity index (χ1n) is 4.18. The molecule has 0 bridgehead atoms. The van der Waals surface area contributed by atoms with Gasteiger partial charge in [-0.25, -0.2) is 0 Å². The summed E-state index contributed by atoms with van der Waals surface area (Å²) in [5.41, 5.74) is 0.838. The van der Waals surface area contributed by atoms with Gasteiger partial charge in [-0.2, -0.15) is 5.10 Å². The van der Waals surface area contributed by atoms with Gasteiger partial charge in [0.25, 0.3) is 0 Å². The number of aromatic nitrogens is 2. The molecule has 1 unspecified atom stereocenters. The number of hydrogen-bond acceptors (Lipinski definition) is 4. The molecule has 1 aromatic rings. The lowest BCUT2D eigenvalue weighted by Crippen LogP contribution is -2.23. The summed E-state index contributed by atoms with van der Waals surface area (Å²) in [6, 6.07) is 3.62. The third-order valence-electron chi connectivity index (χ3n) is 2.01. The molecule has 72 valence electrons. The highest BCUT2D eigenvalue weighted by molar-refractivity contribution is 6.29. The minimum absolute atomic E-state index is 0.0461. The summed E-state index contributed by atoms with van der Waals surface area (Å²) >= 11 is 5.65. The van der Waals surface area contributed by atoms with Crippen LogP contribution in [0.15, 0.2) is 29.5 Å². The molecule has 0 saturated carbocycles. The molecule has 0 aromatic carbocycles. The molecule has 14 heavy (non-hydrogen) atoms. The van der Waals surface area contributed by atoms with Crippen LogP contribution >= 0.6 is 11.6 Å². The quantitative estimate of drug-likeness (QED) is 0.705. The third kappa shape index (κ3) is 1.75. The van der Waals surface area contributed by atoms with Gasteiger partial charge in [0.2, 0.25) is 0 Å². The zero-order valence-corrected chi connectivity index (χ0v) is 8.39. The van der Waals surface area contributed by atoms with E-state index in [1.165, 1.54) is 0 Å². The van der Waals surface area contributed by atoms with Crippen LogP contribution < -0.4 is 0 Å². The molecule has 0 N–H and O–H groups in total. The standard InChI is InChI=1S/C9H9ClN4/c1-14-5-4-11-6-8(14)7-2-3-9(10)13-12-7/h2-6,8H,1H3. The minimum Gasteiger partial charge on any atom is -0.366 e. The third-order valence-corrected chi connectivity index (χ3v) is 2.21. The topological polar surface area (TPSA) is 41.4 Å². The van der Waals surface area contributed by atoms with E-state index < -0.39 is 0 Å². The summed E-state index contributed by atoms with van der Waals surface area (Å²) in [5, 5.41) is 8.20. The summed E-state index contributed by atoms with van der Waals surface area (Å²) < 4.78 is 0. The van der Waals surface area contributed by atoms with E-state index in [1.54, 1.807) is 12.3 Å². The van der Waals surface area contributed by atoms with Crippen molar-refractivity contribution in [3.63, 3.8) is 0 Å². The molecule has 1 atom stereocenters. The van der Waals surface area contributed by atoms with E-state index >= 15 is 0 Å². The van der Waals surface area contributed by atoms with Crippen molar-refractivity contribution < 1.29 is 0 Å². The predicted octanol–water partition coefficient (Wildman–Crippen LogP) is 1.66. The lowest BCUT2D eigenvalue weighted by atomic mass is 10.2. The molecule has 0 amide bonds. The van der Waals surface area contributed by atoms with Crippen LogP contribution in [0, 0.1) is 0 Å². The number of hydrogen-bond donors (Lipinski definition) is 0. The Bertz CT molecular complexity index is 371. The first kappa shape index (κ1) is 9.15. The Hall–Kier alpha value is -1.42. The summed E-state index contributed by atoms with van der Waals surface area (Å²) in [7, 11) is 1.96. The van der Waals surface area contributed by atoms with Crippen molar-refractivity contribution in [2.24, 2.45) is 4.99 Å². The Morgan fingerprint density at radius 1 is 1.36 bits per heavy atom. The van der Waals surface area contributed by atoms with Gasteiger partial charge < -0.3 is 4.90 Å². The normalized spacial score (nSPS) is 20.1. The number of rotatable bonds is 1. The molecule has 2 heterocycles. The van der Waals surface area contributed by atoms with Gasteiger partial charge in [0.05, 0.1) is 5.69 Å². The molecule has 2 rings (SSSR count). The second-order valence-electron chi connectivity index (χ2n) is 2.99. The maximum Gasteiger partial charge on any atom is 0.151 e. The Balaban J connectivity index is 2.27. The van der Waals surface area contributed by atoms with Crippen molar-refractivity contribution in [2.45, 2.75) is 6.04 Å². The van der Waals surface area contributed by atoms with Gasteiger partial charge in [0.1, 0.15) is 6.04 Å². The van der Waals surface area contributed by atoms with E-state index in [9.17, 15) is 0 Å². The lowest BCUT2D eigenvalue weighted by Gasteiger charge is -2.24. The molecule has 0 radical (unpaired) electrons. The van der Waals surface area contributed by atoms with Crippen LogP contribution in [-0.2, 0) is 0 Å². The zero-order chi connectivity index (χ0) is 9.97. The van der Waals surface area contributed by atoms with Crippen molar-refractivity contribution in [3.8, 4) is 0 Å². The smallest absolute Gasteiger partial charge is 0.151 e. The molecule has 1 aliphatic heterocycles. The molecule has 1 aliphatic rings. The number of aliphatic imine (C=N–C) groups is 1. The lowest BCUT2D eigenvalue weighted by molar-refractivity contribution is 0.405. The molecule has 0 fully saturated rings. The average Bonchev–Trinajstić information content (AvgIpc) is 2.20. The van der Waals surface area contributed by atoms with E-state index in [1.807, 2.05) is 30.4 Å². The van der Waals surface area contributed by atoms with Crippen LogP contribution in [0.25, 0.3) is 0 Å². The van der Waals surface area contributed by atoms with Gasteiger partial charge in [-0.3, -0.25) is 4.99 Å². The monoisotopic (exact) mass is 208 g/mol. The highest BCUT2D eigenvalue weighted by Crippen LogP contribution is 2.18. The summed E-state index contributed by atoms with van der Waals surface area (Å²) in [6.45, 7) is 0. The summed E-state index contributed by atoms with van der Waals surface area (Å²) in [4.78, 5) is 6.06. The summed E-state index contributed by atoms with van der Waals surface area (Å²) in [5.74, 6) is 0. The van der Waals surface area contributed by atoms with Gasteiger partial charge in [-0.1, -0.05) is 11.6 Å². The maximum absolute atomic E-state index is 5.65. The Morgan fingerprint density at radius 3 is 2.86 bits per heavy atom. The maximum atomic E-state index is 5.65. The zero-order valence-electron chi connectivity index (χ0n) is 7.63. The second kappa shape index (κ2) is 3.75. The fraction of sp³-hybridized carbons (Fsp3) is 0.222. The van der Waals surface area contributed by atoms with E-state index in [2.05, 4.69) is 15.2 Å². The number of halogens is 1. The van der Waals surface area contributed by atoms with Crippen molar-refractivity contribution in [1.82, 2.24) is 15.1 Å². The molecular formula is C9H9ClN4. The van der Waals surface area contributed by atoms with Gasteiger partial charge in [0, 0.05) is 25.7 Å².